The number of hydrogen-bond donors (Lipinski definition) is 0. The number of methoxy groups -OCH3 is 1. The fraction of sp³-hybridized carbons (Fsp3) is 0.700. The van der Waals surface area contributed by atoms with Crippen LogP contribution < -0.4 is 0 Å². The van der Waals surface area contributed by atoms with Gasteiger partial charge in [-0.05, 0) is 68.1 Å². The fourth-order valence-corrected chi connectivity index (χ4v) is 3.12. The van der Waals surface area contributed by atoms with Crippen molar-refractivity contribution < 1.29 is 4.74 Å². The lowest BCUT2D eigenvalue weighted by atomic mass is 9.85. The number of hydrogen-bond acceptors (Lipinski definition) is 1. The van der Waals surface area contributed by atoms with E-state index in [0.29, 0.717) is 0 Å². The van der Waals surface area contributed by atoms with E-state index in [2.05, 4.69) is 45.9 Å². The molecule has 1 heteroatoms. The molecule has 2 unspecified atom stereocenters. The zero-order chi connectivity index (χ0) is 15.7. The summed E-state index contributed by atoms with van der Waals surface area (Å²) in [4.78, 5) is 0. The van der Waals surface area contributed by atoms with Gasteiger partial charge in [-0.1, -0.05) is 44.9 Å². The third kappa shape index (κ3) is 6.22. The fourth-order valence-electron chi connectivity index (χ4n) is 3.12. The summed E-state index contributed by atoms with van der Waals surface area (Å²) in [5.74, 6) is 1.54. The quantitative estimate of drug-likeness (QED) is 0.511. The molecule has 0 radical (unpaired) electrons. The largest absolute Gasteiger partial charge is 0.385 e. The van der Waals surface area contributed by atoms with Crippen molar-refractivity contribution in [3.05, 3.63) is 34.9 Å². The minimum atomic E-state index is 0.728. The van der Waals surface area contributed by atoms with E-state index < -0.39 is 0 Å². The maximum absolute atomic E-state index is 5.24. The van der Waals surface area contributed by atoms with Gasteiger partial charge in [0, 0.05) is 13.7 Å². The molecule has 0 N–H and O–H groups in total. The van der Waals surface area contributed by atoms with E-state index in [0.717, 1.165) is 18.4 Å². The molecule has 0 bridgehead atoms. The van der Waals surface area contributed by atoms with Crippen LogP contribution in [0.2, 0.25) is 0 Å². The molecule has 0 saturated heterocycles. The summed E-state index contributed by atoms with van der Waals surface area (Å²) in [6, 6.07) is 7.04. The van der Waals surface area contributed by atoms with Crippen molar-refractivity contribution in [1.29, 1.82) is 0 Å². The van der Waals surface area contributed by atoms with Gasteiger partial charge in [-0.3, -0.25) is 0 Å². The van der Waals surface area contributed by atoms with Gasteiger partial charge in [0.25, 0.3) is 0 Å². The highest BCUT2D eigenvalue weighted by atomic mass is 16.5. The molecule has 0 aliphatic rings. The molecule has 0 amide bonds. The van der Waals surface area contributed by atoms with Gasteiger partial charge < -0.3 is 4.74 Å². The average Bonchev–Trinajstić information content (AvgIpc) is 2.49. The Morgan fingerprint density at radius 2 is 1.71 bits per heavy atom. The molecular formula is C20H34O. The number of aryl methyl sites for hydroxylation is 2. The van der Waals surface area contributed by atoms with Crippen molar-refractivity contribution in [3.63, 3.8) is 0 Å². The van der Waals surface area contributed by atoms with Crippen LogP contribution in [0.5, 0.6) is 0 Å². The molecule has 120 valence electrons. The van der Waals surface area contributed by atoms with Crippen molar-refractivity contribution >= 4 is 0 Å². The number of ether oxygens (including phenoxy) is 1. The summed E-state index contributed by atoms with van der Waals surface area (Å²) in [5.41, 5.74) is 4.38. The van der Waals surface area contributed by atoms with Gasteiger partial charge in [-0.25, -0.2) is 0 Å². The molecule has 0 heterocycles. The van der Waals surface area contributed by atoms with E-state index in [1.807, 2.05) is 7.11 Å². The van der Waals surface area contributed by atoms with E-state index in [4.69, 9.17) is 4.74 Å². The van der Waals surface area contributed by atoms with Crippen LogP contribution in [0.4, 0.5) is 0 Å². The smallest absolute Gasteiger partial charge is 0.0464 e. The Labute approximate surface area is 132 Å². The molecule has 1 aromatic rings. The third-order valence-electron chi connectivity index (χ3n) is 4.87. The van der Waals surface area contributed by atoms with Gasteiger partial charge in [0.2, 0.25) is 0 Å². The van der Waals surface area contributed by atoms with E-state index in [-0.39, 0.29) is 0 Å². The Balaban J connectivity index is 2.65. The van der Waals surface area contributed by atoms with Crippen LogP contribution in [0.3, 0.4) is 0 Å². The molecule has 1 rings (SSSR count). The summed E-state index contributed by atoms with van der Waals surface area (Å²) in [5, 5.41) is 0. The van der Waals surface area contributed by atoms with Crippen molar-refractivity contribution in [2.24, 2.45) is 5.92 Å². The molecule has 0 spiro atoms. The topological polar surface area (TPSA) is 9.23 Å². The second-order valence-corrected chi connectivity index (χ2v) is 6.46. The van der Waals surface area contributed by atoms with Gasteiger partial charge in [0.1, 0.15) is 0 Å². The highest BCUT2D eigenvalue weighted by Crippen LogP contribution is 2.30. The van der Waals surface area contributed by atoms with Crippen LogP contribution in [0, 0.1) is 19.8 Å². The molecule has 21 heavy (non-hydrogen) atoms. The highest BCUT2D eigenvalue weighted by molar-refractivity contribution is 5.31. The summed E-state index contributed by atoms with van der Waals surface area (Å²) >= 11 is 0. The first-order valence-electron chi connectivity index (χ1n) is 8.68. The van der Waals surface area contributed by atoms with E-state index in [1.54, 1.807) is 5.56 Å². The predicted octanol–water partition coefficient (Wildman–Crippen LogP) is 6.03. The molecule has 0 saturated carbocycles. The van der Waals surface area contributed by atoms with Crippen LogP contribution >= 0.6 is 0 Å². The van der Waals surface area contributed by atoms with Gasteiger partial charge >= 0.3 is 0 Å². The Morgan fingerprint density at radius 1 is 0.952 bits per heavy atom. The van der Waals surface area contributed by atoms with Crippen LogP contribution in [0.15, 0.2) is 18.2 Å². The Hall–Kier alpha value is -0.820. The third-order valence-corrected chi connectivity index (χ3v) is 4.87. The summed E-state index contributed by atoms with van der Waals surface area (Å²) in [7, 11) is 1.81. The van der Waals surface area contributed by atoms with Crippen LogP contribution in [0.25, 0.3) is 0 Å². The Morgan fingerprint density at radius 3 is 2.29 bits per heavy atom. The minimum Gasteiger partial charge on any atom is -0.385 e. The van der Waals surface area contributed by atoms with Crippen LogP contribution in [-0.2, 0) is 4.74 Å². The van der Waals surface area contributed by atoms with E-state index in [9.17, 15) is 0 Å². The zero-order valence-electron chi connectivity index (χ0n) is 14.7. The molecule has 2 atom stereocenters. The number of benzene rings is 1. The second-order valence-electron chi connectivity index (χ2n) is 6.46. The second kappa shape index (κ2) is 10.00. The lowest BCUT2D eigenvalue weighted by Gasteiger charge is -2.21. The summed E-state index contributed by atoms with van der Waals surface area (Å²) in [6.07, 6.45) is 7.71. The zero-order valence-corrected chi connectivity index (χ0v) is 14.7. The molecule has 1 nitrogen and oxygen atoms in total. The maximum Gasteiger partial charge on any atom is 0.0464 e. The molecule has 1 aromatic carbocycles. The highest BCUT2D eigenvalue weighted by Gasteiger charge is 2.14. The summed E-state index contributed by atoms with van der Waals surface area (Å²) < 4.78 is 5.24. The van der Waals surface area contributed by atoms with Crippen molar-refractivity contribution in [3.8, 4) is 0 Å². The Kier molecular flexibility index (Phi) is 8.68. The van der Waals surface area contributed by atoms with Crippen molar-refractivity contribution in [2.45, 2.75) is 72.1 Å². The monoisotopic (exact) mass is 290 g/mol. The normalized spacial score (nSPS) is 14.1. The first kappa shape index (κ1) is 18.2. The molecular weight excluding hydrogens is 256 g/mol. The van der Waals surface area contributed by atoms with Gasteiger partial charge in [0.05, 0.1) is 0 Å². The standard InChI is InChI=1S/C20H34O/c1-6-8-19(12-10-18(7-2)13-14-21-5)20-11-9-16(3)17(4)15-20/h9,11,15,18-19H,6-8,10,12-14H2,1-5H3. The van der Waals surface area contributed by atoms with Gasteiger partial charge in [0.15, 0.2) is 0 Å². The van der Waals surface area contributed by atoms with Crippen LogP contribution in [-0.4, -0.2) is 13.7 Å². The van der Waals surface area contributed by atoms with Crippen LogP contribution in [0.1, 0.15) is 75.0 Å². The van der Waals surface area contributed by atoms with Crippen molar-refractivity contribution in [1.82, 2.24) is 0 Å². The van der Waals surface area contributed by atoms with Gasteiger partial charge in [-0.15, -0.1) is 0 Å². The molecule has 0 aliphatic carbocycles. The molecule has 0 aliphatic heterocycles. The lowest BCUT2D eigenvalue weighted by molar-refractivity contribution is 0.172. The number of rotatable bonds is 10. The average molecular weight is 290 g/mol. The maximum atomic E-state index is 5.24. The van der Waals surface area contributed by atoms with Gasteiger partial charge in [-0.2, -0.15) is 0 Å². The molecule has 0 fully saturated rings. The minimum absolute atomic E-state index is 0.728. The molecule has 0 aromatic heterocycles. The van der Waals surface area contributed by atoms with E-state index >= 15 is 0 Å². The summed E-state index contributed by atoms with van der Waals surface area (Å²) in [6.45, 7) is 9.95. The first-order chi connectivity index (χ1) is 10.1. The predicted molar refractivity (Wildman–Crippen MR) is 93.1 cm³/mol. The van der Waals surface area contributed by atoms with Crippen molar-refractivity contribution in [2.75, 3.05) is 13.7 Å². The van der Waals surface area contributed by atoms with E-state index in [1.165, 1.54) is 49.7 Å². The lowest BCUT2D eigenvalue weighted by Crippen LogP contribution is -2.07. The Bertz CT molecular complexity index is 397. The first-order valence-corrected chi connectivity index (χ1v) is 8.68. The SMILES string of the molecule is CCCC(CCC(CC)CCOC)c1ccc(C)c(C)c1.